The number of thiazole rings is 1. The highest BCUT2D eigenvalue weighted by atomic mass is 32.1. The van der Waals surface area contributed by atoms with Crippen molar-refractivity contribution in [3.8, 4) is 0 Å². The minimum atomic E-state index is -0.136. The third-order valence-corrected chi connectivity index (χ3v) is 5.50. The Kier molecular flexibility index (Phi) is 5.27. The van der Waals surface area contributed by atoms with E-state index in [1.807, 2.05) is 17.2 Å². The van der Waals surface area contributed by atoms with Gasteiger partial charge in [0.05, 0.1) is 12.0 Å². The Morgan fingerprint density at radius 2 is 2.09 bits per heavy atom. The van der Waals surface area contributed by atoms with Crippen molar-refractivity contribution >= 4 is 28.3 Å². The largest absolute Gasteiger partial charge is 0.341 e. The van der Waals surface area contributed by atoms with Crippen molar-refractivity contribution in [3.63, 3.8) is 0 Å². The molecule has 0 aromatic carbocycles. The van der Waals surface area contributed by atoms with E-state index in [0.717, 1.165) is 45.3 Å². The van der Waals surface area contributed by atoms with Crippen molar-refractivity contribution in [1.29, 1.82) is 0 Å². The molecule has 1 aromatic heterocycles. The Hall–Kier alpha value is -1.47. The van der Waals surface area contributed by atoms with Crippen molar-refractivity contribution in [2.75, 3.05) is 31.5 Å². The molecule has 0 saturated carbocycles. The average Bonchev–Trinajstić information content (AvgIpc) is 3.27. The highest BCUT2D eigenvalue weighted by Crippen LogP contribution is 2.22. The Bertz CT molecular complexity index is 542. The first-order valence-corrected chi connectivity index (χ1v) is 9.26. The van der Waals surface area contributed by atoms with E-state index in [1.165, 1.54) is 11.3 Å². The number of carbonyl (C=O) groups is 2. The fourth-order valence-corrected chi connectivity index (χ4v) is 3.95. The van der Waals surface area contributed by atoms with E-state index in [2.05, 4.69) is 15.2 Å². The minimum Gasteiger partial charge on any atom is -0.341 e. The van der Waals surface area contributed by atoms with Gasteiger partial charge >= 0.3 is 0 Å². The van der Waals surface area contributed by atoms with E-state index in [0.29, 0.717) is 11.7 Å². The van der Waals surface area contributed by atoms with Gasteiger partial charge in [-0.25, -0.2) is 4.98 Å². The van der Waals surface area contributed by atoms with Gasteiger partial charge < -0.3 is 10.2 Å². The Morgan fingerprint density at radius 3 is 2.78 bits per heavy atom. The summed E-state index contributed by atoms with van der Waals surface area (Å²) in [6.45, 7) is 5.28. The summed E-state index contributed by atoms with van der Waals surface area (Å²) < 4.78 is 0. The molecule has 3 heterocycles. The van der Waals surface area contributed by atoms with Crippen LogP contribution in [0.1, 0.15) is 32.6 Å². The van der Waals surface area contributed by atoms with Crippen LogP contribution in [0.4, 0.5) is 5.13 Å². The van der Waals surface area contributed by atoms with Gasteiger partial charge in [0, 0.05) is 31.2 Å². The van der Waals surface area contributed by atoms with Crippen molar-refractivity contribution < 1.29 is 9.59 Å². The zero-order valence-corrected chi connectivity index (χ0v) is 14.3. The van der Waals surface area contributed by atoms with E-state index < -0.39 is 0 Å². The Labute approximate surface area is 140 Å². The van der Waals surface area contributed by atoms with Crippen LogP contribution < -0.4 is 5.32 Å². The van der Waals surface area contributed by atoms with Crippen molar-refractivity contribution in [2.24, 2.45) is 5.92 Å². The first-order valence-electron chi connectivity index (χ1n) is 8.38. The zero-order chi connectivity index (χ0) is 16.2. The van der Waals surface area contributed by atoms with Crippen LogP contribution in [0, 0.1) is 5.92 Å². The van der Waals surface area contributed by atoms with Crippen LogP contribution >= 0.6 is 11.3 Å². The highest BCUT2D eigenvalue weighted by Gasteiger charge is 2.33. The molecule has 6 nitrogen and oxygen atoms in total. The molecule has 2 fully saturated rings. The van der Waals surface area contributed by atoms with Crippen LogP contribution in [-0.2, 0) is 9.59 Å². The van der Waals surface area contributed by atoms with E-state index in [4.69, 9.17) is 0 Å². The number of amides is 2. The lowest BCUT2D eigenvalue weighted by Crippen LogP contribution is -2.51. The summed E-state index contributed by atoms with van der Waals surface area (Å²) in [7, 11) is 0. The van der Waals surface area contributed by atoms with Crippen molar-refractivity contribution in [1.82, 2.24) is 14.8 Å². The van der Waals surface area contributed by atoms with Gasteiger partial charge in [-0.1, -0.05) is 0 Å². The number of carbonyl (C=O) groups excluding carboxylic acids is 2. The molecule has 0 aliphatic carbocycles. The van der Waals surface area contributed by atoms with Crippen LogP contribution in [0.2, 0.25) is 0 Å². The number of nitrogens with one attached hydrogen (secondary N) is 1. The lowest BCUT2D eigenvalue weighted by molar-refractivity contribution is -0.137. The number of rotatable bonds is 4. The molecule has 1 N–H and O–H groups in total. The first-order chi connectivity index (χ1) is 11.1. The van der Waals surface area contributed by atoms with Gasteiger partial charge in [-0.3, -0.25) is 14.5 Å². The normalized spacial score (nSPS) is 23.7. The van der Waals surface area contributed by atoms with Gasteiger partial charge in [0.25, 0.3) is 0 Å². The molecule has 2 aliphatic heterocycles. The maximum atomic E-state index is 12.6. The van der Waals surface area contributed by atoms with Gasteiger partial charge in [-0.15, -0.1) is 11.3 Å². The molecule has 2 atom stereocenters. The van der Waals surface area contributed by atoms with Crippen LogP contribution in [-0.4, -0.2) is 58.8 Å². The quantitative estimate of drug-likeness (QED) is 0.911. The lowest BCUT2D eigenvalue weighted by atomic mass is 9.96. The molecule has 23 heavy (non-hydrogen) atoms. The fraction of sp³-hybridized carbons (Fsp3) is 0.688. The summed E-state index contributed by atoms with van der Waals surface area (Å²) in [6, 6.07) is -0.136. The summed E-state index contributed by atoms with van der Waals surface area (Å²) in [5, 5.41) is 5.38. The monoisotopic (exact) mass is 336 g/mol. The average molecular weight is 336 g/mol. The third kappa shape index (κ3) is 3.90. The maximum absolute atomic E-state index is 12.6. The van der Waals surface area contributed by atoms with Crippen LogP contribution in [0.25, 0.3) is 0 Å². The van der Waals surface area contributed by atoms with E-state index in [9.17, 15) is 9.59 Å². The summed E-state index contributed by atoms with van der Waals surface area (Å²) in [5.74, 6) is 0.162. The predicted octanol–water partition coefficient (Wildman–Crippen LogP) is 1.80. The molecule has 1 aromatic rings. The molecular weight excluding hydrogens is 312 g/mol. The summed E-state index contributed by atoms with van der Waals surface area (Å²) >= 11 is 1.43. The number of anilines is 1. The van der Waals surface area contributed by atoms with E-state index >= 15 is 0 Å². The van der Waals surface area contributed by atoms with Crippen LogP contribution in [0.15, 0.2) is 11.6 Å². The second-order valence-electron chi connectivity index (χ2n) is 6.37. The lowest BCUT2D eigenvalue weighted by Gasteiger charge is -2.36. The second-order valence-corrected chi connectivity index (χ2v) is 7.26. The number of piperidine rings is 1. The summed E-state index contributed by atoms with van der Waals surface area (Å²) in [5.41, 5.74) is 0. The molecule has 0 bridgehead atoms. The van der Waals surface area contributed by atoms with Gasteiger partial charge in [-0.2, -0.15) is 0 Å². The first kappa shape index (κ1) is 16.4. The number of aromatic nitrogens is 1. The van der Waals surface area contributed by atoms with E-state index in [-0.39, 0.29) is 23.8 Å². The van der Waals surface area contributed by atoms with Crippen LogP contribution in [0.5, 0.6) is 0 Å². The molecule has 0 radical (unpaired) electrons. The molecule has 3 rings (SSSR count). The number of nitrogens with zero attached hydrogens (tertiary/aromatic N) is 3. The van der Waals surface area contributed by atoms with Gasteiger partial charge in [0.15, 0.2) is 5.13 Å². The van der Waals surface area contributed by atoms with Crippen LogP contribution in [0.3, 0.4) is 0 Å². The van der Waals surface area contributed by atoms with Gasteiger partial charge in [0.1, 0.15) is 0 Å². The van der Waals surface area contributed by atoms with Crippen molar-refractivity contribution in [2.45, 2.75) is 38.6 Å². The molecule has 0 spiro atoms. The van der Waals surface area contributed by atoms with Gasteiger partial charge in [0.2, 0.25) is 11.8 Å². The summed E-state index contributed by atoms with van der Waals surface area (Å²) in [6.07, 6.45) is 5.73. The Morgan fingerprint density at radius 1 is 1.30 bits per heavy atom. The van der Waals surface area contributed by atoms with Crippen molar-refractivity contribution in [3.05, 3.63) is 11.6 Å². The molecular formula is C16H24N4O2S. The smallest absolute Gasteiger partial charge is 0.239 e. The standard InChI is InChI=1S/C16H24N4O2S/c1-12(15(22)19-7-2-3-8-19)20-9-4-5-13(11-20)14(21)18-16-17-6-10-23-16/h6,10,12-13H,2-5,7-9,11H2,1H3,(H,17,18,21)/t12-,13-/m0/s1. The maximum Gasteiger partial charge on any atom is 0.239 e. The molecule has 2 aliphatic rings. The predicted molar refractivity (Wildman–Crippen MR) is 90.3 cm³/mol. The SMILES string of the molecule is C[C@@H](C(=O)N1CCCC1)N1CCC[C@H](C(=O)Nc2nccs2)C1. The number of likely N-dealkylation sites (tertiary alicyclic amines) is 2. The second kappa shape index (κ2) is 7.40. The third-order valence-electron chi connectivity index (χ3n) is 4.81. The molecule has 126 valence electrons. The molecule has 0 unspecified atom stereocenters. The topological polar surface area (TPSA) is 65.5 Å². The molecule has 2 amide bonds. The fourth-order valence-electron chi connectivity index (χ4n) is 3.42. The zero-order valence-electron chi connectivity index (χ0n) is 13.5. The van der Waals surface area contributed by atoms with Gasteiger partial charge in [-0.05, 0) is 39.2 Å². The molecule has 7 heteroatoms. The highest BCUT2D eigenvalue weighted by molar-refractivity contribution is 7.13. The number of hydrogen-bond acceptors (Lipinski definition) is 5. The van der Waals surface area contributed by atoms with E-state index in [1.54, 1.807) is 6.20 Å². The number of hydrogen-bond donors (Lipinski definition) is 1. The molecule has 2 saturated heterocycles. The minimum absolute atomic E-state index is 0.0190. The summed E-state index contributed by atoms with van der Waals surface area (Å²) in [4.78, 5) is 33.2. The Balaban J connectivity index is 1.56.